The molecule has 0 bridgehead atoms. The van der Waals surface area contributed by atoms with Crippen LogP contribution in [0, 0.1) is 12.8 Å². The predicted octanol–water partition coefficient (Wildman–Crippen LogP) is 3.14. The molecule has 0 aliphatic rings. The van der Waals surface area contributed by atoms with Crippen molar-refractivity contribution in [2.24, 2.45) is 11.7 Å². The third kappa shape index (κ3) is 4.14. The Hall–Kier alpha value is -0.860. The highest BCUT2D eigenvalue weighted by Crippen LogP contribution is 2.20. The van der Waals surface area contributed by atoms with Gasteiger partial charge in [-0.1, -0.05) is 37.1 Å². The van der Waals surface area contributed by atoms with E-state index in [4.69, 9.17) is 17.3 Å². The molecule has 1 aromatic carbocycles. The fourth-order valence-electron chi connectivity index (χ4n) is 1.89. The monoisotopic (exact) mass is 253 g/mol. The lowest BCUT2D eigenvalue weighted by molar-refractivity contribution is -0.122. The number of carbonyl (C=O) groups is 1. The van der Waals surface area contributed by atoms with Crippen LogP contribution in [0.15, 0.2) is 18.2 Å². The van der Waals surface area contributed by atoms with E-state index < -0.39 is 0 Å². The lowest BCUT2D eigenvalue weighted by Crippen LogP contribution is -2.25. The molecule has 0 saturated heterocycles. The predicted molar refractivity (Wildman–Crippen MR) is 72.4 cm³/mol. The number of nitrogens with two attached hydrogens (primary N) is 1. The lowest BCUT2D eigenvalue weighted by Gasteiger charge is -2.13. The molecule has 0 saturated carbocycles. The number of hydrogen-bond acceptors (Lipinski definition) is 2. The Kier molecular flexibility index (Phi) is 5.66. The van der Waals surface area contributed by atoms with E-state index in [9.17, 15) is 4.79 Å². The molecule has 17 heavy (non-hydrogen) atoms. The molecule has 0 heterocycles. The van der Waals surface area contributed by atoms with E-state index in [-0.39, 0.29) is 11.7 Å². The second-order valence-corrected chi connectivity index (χ2v) is 4.87. The van der Waals surface area contributed by atoms with Crippen molar-refractivity contribution in [2.45, 2.75) is 33.1 Å². The van der Waals surface area contributed by atoms with Gasteiger partial charge in [-0.05, 0) is 30.5 Å². The third-order valence-corrected chi connectivity index (χ3v) is 3.30. The zero-order valence-corrected chi connectivity index (χ0v) is 11.3. The molecule has 1 rings (SSSR count). The quantitative estimate of drug-likeness (QED) is 0.847. The summed E-state index contributed by atoms with van der Waals surface area (Å²) in [5, 5.41) is 0.672. The van der Waals surface area contributed by atoms with E-state index in [2.05, 4.69) is 6.92 Å². The molecule has 1 unspecified atom stereocenters. The summed E-state index contributed by atoms with van der Waals surface area (Å²) < 4.78 is 0. The van der Waals surface area contributed by atoms with Gasteiger partial charge in [0.2, 0.25) is 0 Å². The molecular weight excluding hydrogens is 234 g/mol. The van der Waals surface area contributed by atoms with Gasteiger partial charge in [-0.25, -0.2) is 0 Å². The first-order chi connectivity index (χ1) is 8.08. The molecule has 0 aliphatic heterocycles. The summed E-state index contributed by atoms with van der Waals surface area (Å²) in [7, 11) is 0. The minimum atomic E-state index is -0.0302. The highest BCUT2D eigenvalue weighted by atomic mass is 35.5. The minimum absolute atomic E-state index is 0.0302. The molecule has 0 radical (unpaired) electrons. The van der Waals surface area contributed by atoms with Crippen LogP contribution in [0.1, 0.15) is 30.9 Å². The Labute approximate surface area is 108 Å². The second-order valence-electron chi connectivity index (χ2n) is 4.46. The smallest absolute Gasteiger partial charge is 0.141 e. The molecule has 0 amide bonds. The number of rotatable bonds is 6. The van der Waals surface area contributed by atoms with E-state index in [1.165, 1.54) is 0 Å². The Morgan fingerprint density at radius 1 is 1.47 bits per heavy atom. The van der Waals surface area contributed by atoms with E-state index in [0.29, 0.717) is 18.0 Å². The van der Waals surface area contributed by atoms with Gasteiger partial charge in [0.05, 0.1) is 0 Å². The van der Waals surface area contributed by atoms with Gasteiger partial charge in [0.15, 0.2) is 0 Å². The van der Waals surface area contributed by atoms with Crippen molar-refractivity contribution in [3.8, 4) is 0 Å². The van der Waals surface area contributed by atoms with Crippen LogP contribution in [0.4, 0.5) is 0 Å². The van der Waals surface area contributed by atoms with Crippen molar-refractivity contribution in [3.05, 3.63) is 34.3 Å². The lowest BCUT2D eigenvalue weighted by atomic mass is 9.94. The number of halogens is 1. The molecule has 0 aromatic heterocycles. The molecule has 0 spiro atoms. The van der Waals surface area contributed by atoms with Gasteiger partial charge in [0, 0.05) is 23.9 Å². The van der Waals surface area contributed by atoms with Crippen molar-refractivity contribution in [2.75, 3.05) is 6.54 Å². The Balaban J connectivity index is 2.73. The normalized spacial score (nSPS) is 12.5. The number of benzene rings is 1. The molecule has 2 N–H and O–H groups in total. The van der Waals surface area contributed by atoms with Crippen molar-refractivity contribution in [1.29, 1.82) is 0 Å². The van der Waals surface area contributed by atoms with E-state index >= 15 is 0 Å². The van der Waals surface area contributed by atoms with Crippen LogP contribution in [0.25, 0.3) is 0 Å². The van der Waals surface area contributed by atoms with Crippen molar-refractivity contribution < 1.29 is 4.79 Å². The van der Waals surface area contributed by atoms with Crippen LogP contribution in [-0.4, -0.2) is 12.3 Å². The molecule has 0 aliphatic carbocycles. The van der Waals surface area contributed by atoms with Gasteiger partial charge in [-0.15, -0.1) is 0 Å². The average Bonchev–Trinajstić information content (AvgIpc) is 2.29. The molecular formula is C14H20ClNO. The molecule has 2 nitrogen and oxygen atoms in total. The maximum Gasteiger partial charge on any atom is 0.141 e. The first-order valence-corrected chi connectivity index (χ1v) is 6.44. The number of hydrogen-bond donors (Lipinski definition) is 1. The molecule has 3 heteroatoms. The summed E-state index contributed by atoms with van der Waals surface area (Å²) in [5.41, 5.74) is 7.63. The SMILES string of the molecule is CCCC(CN)C(=O)Cc1ccc(C)cc1Cl. The average molecular weight is 254 g/mol. The highest BCUT2D eigenvalue weighted by Gasteiger charge is 2.17. The molecule has 1 aromatic rings. The summed E-state index contributed by atoms with van der Waals surface area (Å²) in [6.45, 7) is 4.47. The Morgan fingerprint density at radius 3 is 2.71 bits per heavy atom. The summed E-state index contributed by atoms with van der Waals surface area (Å²) in [6.07, 6.45) is 2.23. The minimum Gasteiger partial charge on any atom is -0.330 e. The molecule has 1 atom stereocenters. The highest BCUT2D eigenvalue weighted by molar-refractivity contribution is 6.31. The maximum atomic E-state index is 12.0. The number of aryl methyl sites for hydroxylation is 1. The standard InChI is InChI=1S/C14H20ClNO/c1-3-4-12(9-16)14(17)8-11-6-5-10(2)7-13(11)15/h5-7,12H,3-4,8-9,16H2,1-2H3. The number of ketones is 1. The number of carbonyl (C=O) groups excluding carboxylic acids is 1. The summed E-state index contributed by atoms with van der Waals surface area (Å²) >= 11 is 6.12. The van der Waals surface area contributed by atoms with Crippen LogP contribution >= 0.6 is 11.6 Å². The summed E-state index contributed by atoms with van der Waals surface area (Å²) in [4.78, 5) is 12.0. The fourth-order valence-corrected chi connectivity index (χ4v) is 2.19. The van der Waals surface area contributed by atoms with Crippen molar-refractivity contribution in [3.63, 3.8) is 0 Å². The van der Waals surface area contributed by atoms with Crippen LogP contribution < -0.4 is 5.73 Å². The molecule has 0 fully saturated rings. The second kappa shape index (κ2) is 6.77. The van der Waals surface area contributed by atoms with Gasteiger partial charge in [0.1, 0.15) is 5.78 Å². The first kappa shape index (κ1) is 14.2. The van der Waals surface area contributed by atoms with Gasteiger partial charge >= 0.3 is 0 Å². The zero-order chi connectivity index (χ0) is 12.8. The van der Waals surface area contributed by atoms with Crippen molar-refractivity contribution >= 4 is 17.4 Å². The van der Waals surface area contributed by atoms with Crippen LogP contribution in [0.3, 0.4) is 0 Å². The Morgan fingerprint density at radius 2 is 2.18 bits per heavy atom. The van der Waals surface area contributed by atoms with Gasteiger partial charge in [-0.2, -0.15) is 0 Å². The molecule has 94 valence electrons. The van der Waals surface area contributed by atoms with Gasteiger partial charge in [-0.3, -0.25) is 4.79 Å². The topological polar surface area (TPSA) is 43.1 Å². The third-order valence-electron chi connectivity index (χ3n) is 2.95. The Bertz CT molecular complexity index is 390. The van der Waals surface area contributed by atoms with Crippen molar-refractivity contribution in [1.82, 2.24) is 0 Å². The van der Waals surface area contributed by atoms with Gasteiger partial charge < -0.3 is 5.73 Å². The number of Topliss-reactive ketones (excluding diaryl/α,β-unsaturated/α-hetero) is 1. The summed E-state index contributed by atoms with van der Waals surface area (Å²) in [6, 6.07) is 5.79. The summed E-state index contributed by atoms with van der Waals surface area (Å²) in [5.74, 6) is 0.164. The maximum absolute atomic E-state index is 12.0. The fraction of sp³-hybridized carbons (Fsp3) is 0.500. The van der Waals surface area contributed by atoms with E-state index in [1.807, 2.05) is 25.1 Å². The van der Waals surface area contributed by atoms with E-state index in [0.717, 1.165) is 24.0 Å². The van der Waals surface area contributed by atoms with Crippen LogP contribution in [-0.2, 0) is 11.2 Å². The van der Waals surface area contributed by atoms with Crippen LogP contribution in [0.2, 0.25) is 5.02 Å². The first-order valence-electron chi connectivity index (χ1n) is 6.06. The zero-order valence-electron chi connectivity index (χ0n) is 10.5. The van der Waals surface area contributed by atoms with Gasteiger partial charge in [0.25, 0.3) is 0 Å². The van der Waals surface area contributed by atoms with E-state index in [1.54, 1.807) is 0 Å². The largest absolute Gasteiger partial charge is 0.330 e. The van der Waals surface area contributed by atoms with Crippen LogP contribution in [0.5, 0.6) is 0 Å².